The van der Waals surface area contributed by atoms with E-state index in [1.807, 2.05) is 13.0 Å². The number of hydrogen-bond donors (Lipinski definition) is 2. The molecular formula is C13H18ClN3O. The number of nitrogens with one attached hydrogen (secondary N) is 2. The molecule has 1 fully saturated rings. The van der Waals surface area contributed by atoms with Crippen molar-refractivity contribution in [1.82, 2.24) is 10.3 Å². The lowest BCUT2D eigenvalue weighted by Gasteiger charge is -2.28. The second-order valence-corrected chi connectivity index (χ2v) is 5.22. The topological polar surface area (TPSA) is 54.0 Å². The summed E-state index contributed by atoms with van der Waals surface area (Å²) in [5.41, 5.74) is 1.57. The zero-order valence-electron chi connectivity index (χ0n) is 10.7. The number of aromatic nitrogens is 1. The first-order valence-corrected chi connectivity index (χ1v) is 6.60. The molecule has 2 N–H and O–H groups in total. The molecule has 0 aromatic carbocycles. The van der Waals surface area contributed by atoms with Crippen molar-refractivity contribution in [2.24, 2.45) is 11.8 Å². The van der Waals surface area contributed by atoms with Crippen LogP contribution in [0.1, 0.15) is 18.9 Å². The van der Waals surface area contributed by atoms with Gasteiger partial charge in [-0.25, -0.2) is 4.98 Å². The number of halogens is 1. The summed E-state index contributed by atoms with van der Waals surface area (Å²) in [6, 6.07) is 1.84. The molecule has 18 heavy (non-hydrogen) atoms. The number of carbonyl (C=O) groups excluding carboxylic acids is 1. The molecular weight excluding hydrogens is 250 g/mol. The molecule has 2 rings (SSSR count). The Labute approximate surface area is 112 Å². The molecule has 0 aliphatic carbocycles. The number of carbonyl (C=O) groups is 1. The van der Waals surface area contributed by atoms with E-state index in [4.69, 9.17) is 11.6 Å². The van der Waals surface area contributed by atoms with Crippen molar-refractivity contribution in [1.29, 1.82) is 0 Å². The molecule has 98 valence electrons. The highest BCUT2D eigenvalue weighted by atomic mass is 35.5. The molecule has 1 aromatic heterocycles. The van der Waals surface area contributed by atoms with Crippen LogP contribution in [0.3, 0.4) is 0 Å². The van der Waals surface area contributed by atoms with Gasteiger partial charge in [-0.3, -0.25) is 4.79 Å². The zero-order chi connectivity index (χ0) is 13.1. The molecule has 1 aliphatic heterocycles. The summed E-state index contributed by atoms with van der Waals surface area (Å²) in [5, 5.41) is 6.56. The van der Waals surface area contributed by atoms with E-state index < -0.39 is 0 Å². The number of amides is 1. The summed E-state index contributed by atoms with van der Waals surface area (Å²) in [5.74, 6) is 0.429. The van der Waals surface area contributed by atoms with E-state index in [2.05, 4.69) is 22.5 Å². The first kappa shape index (κ1) is 13.3. The summed E-state index contributed by atoms with van der Waals surface area (Å²) in [4.78, 5) is 16.3. The van der Waals surface area contributed by atoms with Gasteiger partial charge >= 0.3 is 0 Å². The second kappa shape index (κ2) is 5.67. The molecule has 1 aliphatic rings. The Hall–Kier alpha value is -1.13. The lowest BCUT2D eigenvalue weighted by molar-refractivity contribution is -0.122. The van der Waals surface area contributed by atoms with Crippen LogP contribution in [-0.4, -0.2) is 24.0 Å². The van der Waals surface area contributed by atoms with Crippen LogP contribution >= 0.6 is 11.6 Å². The van der Waals surface area contributed by atoms with Crippen LogP contribution in [0.5, 0.6) is 0 Å². The van der Waals surface area contributed by atoms with E-state index in [1.54, 1.807) is 6.20 Å². The second-order valence-electron chi connectivity index (χ2n) is 4.86. The minimum Gasteiger partial charge on any atom is -0.323 e. The van der Waals surface area contributed by atoms with Gasteiger partial charge in [0.2, 0.25) is 5.91 Å². The molecule has 0 radical (unpaired) electrons. The normalized spacial score (nSPS) is 23.7. The molecule has 2 unspecified atom stereocenters. The highest BCUT2D eigenvalue weighted by Crippen LogP contribution is 2.26. The van der Waals surface area contributed by atoms with Crippen LogP contribution in [0.25, 0.3) is 0 Å². The smallest absolute Gasteiger partial charge is 0.227 e. The quantitative estimate of drug-likeness (QED) is 0.808. The third-order valence-corrected chi connectivity index (χ3v) is 3.77. The van der Waals surface area contributed by atoms with E-state index in [0.29, 0.717) is 16.8 Å². The van der Waals surface area contributed by atoms with Crippen molar-refractivity contribution in [2.45, 2.75) is 20.3 Å². The number of rotatable bonds is 2. The molecule has 2 heterocycles. The van der Waals surface area contributed by atoms with E-state index >= 15 is 0 Å². The van der Waals surface area contributed by atoms with Crippen LogP contribution in [0.4, 0.5) is 5.69 Å². The molecule has 0 bridgehead atoms. The summed E-state index contributed by atoms with van der Waals surface area (Å²) in [6.45, 7) is 5.78. The monoisotopic (exact) mass is 267 g/mol. The van der Waals surface area contributed by atoms with Gasteiger partial charge in [0, 0.05) is 12.1 Å². The number of piperidine rings is 1. The molecule has 0 spiro atoms. The first-order valence-electron chi connectivity index (χ1n) is 6.22. The van der Waals surface area contributed by atoms with Gasteiger partial charge in [-0.05, 0) is 44.0 Å². The van der Waals surface area contributed by atoms with E-state index in [9.17, 15) is 4.79 Å². The lowest BCUT2D eigenvalue weighted by atomic mass is 9.87. The maximum absolute atomic E-state index is 12.3. The fourth-order valence-electron chi connectivity index (χ4n) is 2.29. The van der Waals surface area contributed by atoms with Crippen molar-refractivity contribution < 1.29 is 4.79 Å². The van der Waals surface area contributed by atoms with E-state index in [0.717, 1.165) is 25.1 Å². The van der Waals surface area contributed by atoms with Crippen LogP contribution in [0.2, 0.25) is 5.15 Å². The SMILES string of the molecule is Cc1ccnc(Cl)c1NC(=O)C1CCNCC1C. The molecule has 4 nitrogen and oxygen atoms in total. The highest BCUT2D eigenvalue weighted by molar-refractivity contribution is 6.32. The predicted octanol–water partition coefficient (Wildman–Crippen LogP) is 2.23. The summed E-state index contributed by atoms with van der Waals surface area (Å²) in [6.07, 6.45) is 2.50. The van der Waals surface area contributed by atoms with Gasteiger partial charge in [-0.15, -0.1) is 0 Å². The average molecular weight is 268 g/mol. The van der Waals surface area contributed by atoms with Crippen molar-refractivity contribution in [3.05, 3.63) is 23.0 Å². The zero-order valence-corrected chi connectivity index (χ0v) is 11.4. The van der Waals surface area contributed by atoms with Crippen molar-refractivity contribution in [3.8, 4) is 0 Å². The van der Waals surface area contributed by atoms with Gasteiger partial charge in [0.15, 0.2) is 5.15 Å². The van der Waals surface area contributed by atoms with Gasteiger partial charge < -0.3 is 10.6 Å². The Morgan fingerprint density at radius 1 is 1.61 bits per heavy atom. The minimum absolute atomic E-state index is 0.0434. The fourth-order valence-corrected chi connectivity index (χ4v) is 2.55. The Morgan fingerprint density at radius 2 is 2.39 bits per heavy atom. The first-order chi connectivity index (χ1) is 8.59. The van der Waals surface area contributed by atoms with Gasteiger partial charge in [0.05, 0.1) is 5.69 Å². The van der Waals surface area contributed by atoms with Crippen molar-refractivity contribution in [2.75, 3.05) is 18.4 Å². The number of anilines is 1. The number of nitrogens with zero attached hydrogens (tertiary/aromatic N) is 1. The molecule has 1 aromatic rings. The third kappa shape index (κ3) is 2.82. The highest BCUT2D eigenvalue weighted by Gasteiger charge is 2.28. The van der Waals surface area contributed by atoms with E-state index in [1.165, 1.54) is 0 Å². The Morgan fingerprint density at radius 3 is 3.06 bits per heavy atom. The van der Waals surface area contributed by atoms with Gasteiger partial charge in [-0.2, -0.15) is 0 Å². The van der Waals surface area contributed by atoms with Crippen LogP contribution in [-0.2, 0) is 4.79 Å². The van der Waals surface area contributed by atoms with Crippen LogP contribution in [0, 0.1) is 18.8 Å². The standard InChI is InChI=1S/C13H18ClN3O/c1-8-3-6-16-12(14)11(8)17-13(18)10-4-5-15-7-9(10)2/h3,6,9-10,15H,4-5,7H2,1-2H3,(H,17,18). The third-order valence-electron chi connectivity index (χ3n) is 3.48. The molecule has 2 atom stereocenters. The molecule has 1 amide bonds. The number of pyridine rings is 1. The molecule has 0 saturated carbocycles. The van der Waals surface area contributed by atoms with Crippen molar-refractivity contribution >= 4 is 23.2 Å². The maximum atomic E-state index is 12.3. The molecule has 1 saturated heterocycles. The molecule has 5 heteroatoms. The summed E-state index contributed by atoms with van der Waals surface area (Å²) >= 11 is 6.01. The maximum Gasteiger partial charge on any atom is 0.227 e. The Balaban J connectivity index is 2.11. The summed E-state index contributed by atoms with van der Waals surface area (Å²) in [7, 11) is 0. The summed E-state index contributed by atoms with van der Waals surface area (Å²) < 4.78 is 0. The van der Waals surface area contributed by atoms with Crippen molar-refractivity contribution in [3.63, 3.8) is 0 Å². The predicted molar refractivity (Wildman–Crippen MR) is 72.8 cm³/mol. The average Bonchev–Trinajstić information content (AvgIpc) is 2.34. The Bertz CT molecular complexity index is 430. The number of hydrogen-bond acceptors (Lipinski definition) is 3. The minimum atomic E-state index is 0.0434. The fraction of sp³-hybridized carbons (Fsp3) is 0.538. The Kier molecular flexibility index (Phi) is 4.19. The van der Waals surface area contributed by atoms with E-state index in [-0.39, 0.29) is 11.8 Å². The van der Waals surface area contributed by atoms with Gasteiger partial charge in [0.1, 0.15) is 0 Å². The lowest BCUT2D eigenvalue weighted by Crippen LogP contribution is -2.41. The van der Waals surface area contributed by atoms with Crippen LogP contribution < -0.4 is 10.6 Å². The van der Waals surface area contributed by atoms with Gasteiger partial charge in [-0.1, -0.05) is 18.5 Å². The van der Waals surface area contributed by atoms with Crippen LogP contribution in [0.15, 0.2) is 12.3 Å². The largest absolute Gasteiger partial charge is 0.323 e. The number of aryl methyl sites for hydroxylation is 1. The van der Waals surface area contributed by atoms with Gasteiger partial charge in [0.25, 0.3) is 0 Å².